The second kappa shape index (κ2) is 7.30. The number of hydrogen-bond acceptors (Lipinski definition) is 1. The standard InChI is InChI=1S/C17H26F3N/c1-5-16(6-2,12-21-11-13(3)4)14-8-7-9-15(10-14)17(18,19)20/h7-10,13,21H,5-6,11-12H2,1-4H3. The largest absolute Gasteiger partial charge is 0.416 e. The summed E-state index contributed by atoms with van der Waals surface area (Å²) in [6.45, 7) is 9.91. The maximum absolute atomic E-state index is 12.9. The summed E-state index contributed by atoms with van der Waals surface area (Å²) >= 11 is 0. The third-order valence-electron chi connectivity index (χ3n) is 4.17. The highest BCUT2D eigenvalue weighted by molar-refractivity contribution is 5.32. The predicted octanol–water partition coefficient (Wildman–Crippen LogP) is 5.01. The van der Waals surface area contributed by atoms with Crippen molar-refractivity contribution >= 4 is 0 Å². The summed E-state index contributed by atoms with van der Waals surface area (Å²) in [5.41, 5.74) is -0.0235. The number of rotatable bonds is 7. The summed E-state index contributed by atoms with van der Waals surface area (Å²) in [6.07, 6.45) is -2.65. The van der Waals surface area contributed by atoms with Crippen LogP contribution in [0.15, 0.2) is 24.3 Å². The van der Waals surface area contributed by atoms with Gasteiger partial charge in [0.25, 0.3) is 0 Å². The van der Waals surface area contributed by atoms with Gasteiger partial charge in [-0.3, -0.25) is 0 Å². The van der Waals surface area contributed by atoms with E-state index in [0.717, 1.165) is 31.0 Å². The van der Waals surface area contributed by atoms with E-state index in [9.17, 15) is 13.2 Å². The van der Waals surface area contributed by atoms with E-state index in [4.69, 9.17) is 0 Å². The monoisotopic (exact) mass is 301 g/mol. The zero-order valence-corrected chi connectivity index (χ0v) is 13.3. The van der Waals surface area contributed by atoms with E-state index in [1.165, 1.54) is 12.1 Å². The van der Waals surface area contributed by atoms with Crippen molar-refractivity contribution in [3.63, 3.8) is 0 Å². The highest BCUT2D eigenvalue weighted by Gasteiger charge is 2.34. The third-order valence-corrected chi connectivity index (χ3v) is 4.17. The van der Waals surface area contributed by atoms with E-state index in [-0.39, 0.29) is 5.41 Å². The Morgan fingerprint density at radius 3 is 2.10 bits per heavy atom. The predicted molar refractivity (Wildman–Crippen MR) is 81.4 cm³/mol. The maximum atomic E-state index is 12.9. The lowest BCUT2D eigenvalue weighted by atomic mass is 9.75. The van der Waals surface area contributed by atoms with Crippen molar-refractivity contribution in [1.29, 1.82) is 0 Å². The molecule has 0 saturated heterocycles. The van der Waals surface area contributed by atoms with Crippen LogP contribution in [-0.4, -0.2) is 13.1 Å². The van der Waals surface area contributed by atoms with Gasteiger partial charge in [0.2, 0.25) is 0 Å². The average Bonchev–Trinajstić information content (AvgIpc) is 2.43. The summed E-state index contributed by atoms with van der Waals surface area (Å²) in [4.78, 5) is 0. The van der Waals surface area contributed by atoms with Crippen LogP contribution in [0, 0.1) is 5.92 Å². The second-order valence-corrected chi connectivity index (χ2v) is 6.09. The molecule has 120 valence electrons. The molecular weight excluding hydrogens is 275 g/mol. The minimum absolute atomic E-state index is 0.240. The van der Waals surface area contributed by atoms with Crippen molar-refractivity contribution in [2.24, 2.45) is 5.92 Å². The maximum Gasteiger partial charge on any atom is 0.416 e. The zero-order chi connectivity index (χ0) is 16.1. The Balaban J connectivity index is 3.04. The molecule has 0 unspecified atom stereocenters. The molecule has 0 saturated carbocycles. The van der Waals surface area contributed by atoms with Crippen LogP contribution in [0.1, 0.15) is 51.7 Å². The van der Waals surface area contributed by atoms with Gasteiger partial charge >= 0.3 is 6.18 Å². The fourth-order valence-electron chi connectivity index (χ4n) is 2.64. The van der Waals surface area contributed by atoms with Crippen molar-refractivity contribution in [2.45, 2.75) is 52.1 Å². The van der Waals surface area contributed by atoms with Gasteiger partial charge in [0.05, 0.1) is 5.56 Å². The van der Waals surface area contributed by atoms with Crippen molar-refractivity contribution in [3.05, 3.63) is 35.4 Å². The topological polar surface area (TPSA) is 12.0 Å². The number of benzene rings is 1. The molecule has 0 aliphatic heterocycles. The van der Waals surface area contributed by atoms with Crippen molar-refractivity contribution in [2.75, 3.05) is 13.1 Å². The quantitative estimate of drug-likeness (QED) is 0.746. The van der Waals surface area contributed by atoms with Crippen LogP contribution in [0.25, 0.3) is 0 Å². The molecule has 1 aromatic rings. The van der Waals surface area contributed by atoms with E-state index < -0.39 is 11.7 Å². The Bertz CT molecular complexity index is 434. The molecule has 0 bridgehead atoms. The lowest BCUT2D eigenvalue weighted by Crippen LogP contribution is -2.38. The van der Waals surface area contributed by atoms with Gasteiger partial charge in [-0.2, -0.15) is 13.2 Å². The van der Waals surface area contributed by atoms with Crippen LogP contribution in [-0.2, 0) is 11.6 Å². The van der Waals surface area contributed by atoms with Gasteiger partial charge in [-0.1, -0.05) is 45.9 Å². The lowest BCUT2D eigenvalue weighted by molar-refractivity contribution is -0.137. The van der Waals surface area contributed by atoms with Crippen molar-refractivity contribution in [3.8, 4) is 0 Å². The van der Waals surface area contributed by atoms with Gasteiger partial charge in [-0.25, -0.2) is 0 Å². The number of nitrogens with one attached hydrogen (secondary N) is 1. The van der Waals surface area contributed by atoms with Gasteiger partial charge in [0, 0.05) is 12.0 Å². The number of halogens is 3. The van der Waals surface area contributed by atoms with E-state index in [1.807, 2.05) is 19.9 Å². The van der Waals surface area contributed by atoms with Gasteiger partial charge in [-0.15, -0.1) is 0 Å². The Hall–Kier alpha value is -1.03. The third kappa shape index (κ3) is 4.73. The van der Waals surface area contributed by atoms with Crippen LogP contribution in [0.4, 0.5) is 13.2 Å². The first kappa shape index (κ1) is 18.0. The van der Waals surface area contributed by atoms with Crippen LogP contribution >= 0.6 is 0 Å². The molecule has 0 aliphatic rings. The van der Waals surface area contributed by atoms with E-state index in [0.29, 0.717) is 12.5 Å². The van der Waals surface area contributed by atoms with E-state index in [2.05, 4.69) is 19.2 Å². The smallest absolute Gasteiger partial charge is 0.316 e. The molecule has 0 aliphatic carbocycles. The fourth-order valence-corrected chi connectivity index (χ4v) is 2.64. The fraction of sp³-hybridized carbons (Fsp3) is 0.647. The highest BCUT2D eigenvalue weighted by atomic mass is 19.4. The average molecular weight is 301 g/mol. The van der Waals surface area contributed by atoms with Crippen LogP contribution in [0.3, 0.4) is 0 Å². The normalized spacial score (nSPS) is 13.0. The van der Waals surface area contributed by atoms with Crippen LogP contribution < -0.4 is 5.32 Å². The summed E-state index contributed by atoms with van der Waals surface area (Å²) in [7, 11) is 0. The molecule has 4 heteroatoms. The highest BCUT2D eigenvalue weighted by Crippen LogP contribution is 2.36. The molecule has 0 fully saturated rings. The molecule has 1 nitrogen and oxygen atoms in total. The summed E-state index contributed by atoms with van der Waals surface area (Å²) in [5, 5.41) is 3.40. The molecule has 0 heterocycles. The Morgan fingerprint density at radius 2 is 1.62 bits per heavy atom. The van der Waals surface area contributed by atoms with Crippen molar-refractivity contribution in [1.82, 2.24) is 5.32 Å². The SMILES string of the molecule is CCC(CC)(CNCC(C)C)c1cccc(C(F)(F)F)c1. The summed E-state index contributed by atoms with van der Waals surface area (Å²) in [6, 6.07) is 5.78. The zero-order valence-electron chi connectivity index (χ0n) is 13.3. The molecule has 0 radical (unpaired) electrons. The number of hydrogen-bond donors (Lipinski definition) is 1. The van der Waals surface area contributed by atoms with Gasteiger partial charge in [0.15, 0.2) is 0 Å². The Kier molecular flexibility index (Phi) is 6.26. The molecule has 0 spiro atoms. The molecule has 1 rings (SSSR count). The molecule has 21 heavy (non-hydrogen) atoms. The van der Waals surface area contributed by atoms with Gasteiger partial charge < -0.3 is 5.32 Å². The Labute approximate surface area is 125 Å². The van der Waals surface area contributed by atoms with Crippen LogP contribution in [0.5, 0.6) is 0 Å². The van der Waals surface area contributed by atoms with E-state index in [1.54, 1.807) is 0 Å². The first-order chi connectivity index (χ1) is 9.75. The summed E-state index contributed by atoms with van der Waals surface area (Å²) in [5.74, 6) is 0.526. The minimum Gasteiger partial charge on any atom is -0.316 e. The Morgan fingerprint density at radius 1 is 1.05 bits per heavy atom. The molecule has 0 atom stereocenters. The van der Waals surface area contributed by atoms with Crippen molar-refractivity contribution < 1.29 is 13.2 Å². The van der Waals surface area contributed by atoms with E-state index >= 15 is 0 Å². The van der Waals surface area contributed by atoms with Gasteiger partial charge in [-0.05, 0) is 36.9 Å². The molecule has 0 amide bonds. The molecule has 1 N–H and O–H groups in total. The minimum atomic E-state index is -4.28. The number of alkyl halides is 3. The van der Waals surface area contributed by atoms with Gasteiger partial charge in [0.1, 0.15) is 0 Å². The molecule has 1 aromatic carbocycles. The summed E-state index contributed by atoms with van der Waals surface area (Å²) < 4.78 is 38.7. The van der Waals surface area contributed by atoms with Crippen LogP contribution in [0.2, 0.25) is 0 Å². The second-order valence-electron chi connectivity index (χ2n) is 6.09. The lowest BCUT2D eigenvalue weighted by Gasteiger charge is -2.33. The first-order valence-electron chi connectivity index (χ1n) is 7.63. The molecule has 0 aromatic heterocycles. The molecular formula is C17H26F3N. The first-order valence-corrected chi connectivity index (χ1v) is 7.63.